The van der Waals surface area contributed by atoms with Crippen molar-refractivity contribution in [3.8, 4) is 0 Å². The van der Waals surface area contributed by atoms with Crippen LogP contribution < -0.4 is 5.32 Å². The monoisotopic (exact) mass is 251 g/mol. The Morgan fingerprint density at radius 3 is 2.78 bits per heavy atom. The van der Waals surface area contributed by atoms with Crippen LogP contribution in [-0.4, -0.2) is 33.9 Å². The first-order valence-corrected chi connectivity index (χ1v) is 6.94. The maximum atomic E-state index is 9.43. The third-order valence-electron chi connectivity index (χ3n) is 4.26. The first kappa shape index (κ1) is 13.6. The molecule has 0 spiro atoms. The standard InChI is InChI=1S/C14H25N3O/c1-11-16-12-6-4-5-7-13(12)17(11)9-8-14(2,10-18)15-3/h15,18H,4-10H2,1-3H3. The van der Waals surface area contributed by atoms with E-state index in [1.807, 2.05) is 7.05 Å². The number of fused-ring (bicyclic) bond motifs is 1. The number of likely N-dealkylation sites (N-methyl/N-ethyl adjacent to an activating group) is 1. The van der Waals surface area contributed by atoms with Gasteiger partial charge in [-0.2, -0.15) is 0 Å². The van der Waals surface area contributed by atoms with Crippen molar-refractivity contribution >= 4 is 0 Å². The molecular formula is C14H25N3O. The summed E-state index contributed by atoms with van der Waals surface area (Å²) in [6.45, 7) is 5.26. The highest BCUT2D eigenvalue weighted by Gasteiger charge is 2.23. The number of aromatic nitrogens is 2. The molecule has 0 aromatic carbocycles. The zero-order valence-corrected chi connectivity index (χ0v) is 11.8. The predicted molar refractivity (Wildman–Crippen MR) is 72.8 cm³/mol. The number of aliphatic hydroxyl groups is 1. The van der Waals surface area contributed by atoms with Gasteiger partial charge in [0.1, 0.15) is 5.82 Å². The van der Waals surface area contributed by atoms with Gasteiger partial charge in [0, 0.05) is 17.8 Å². The molecular weight excluding hydrogens is 226 g/mol. The molecule has 102 valence electrons. The van der Waals surface area contributed by atoms with Gasteiger partial charge >= 0.3 is 0 Å². The van der Waals surface area contributed by atoms with Crippen molar-refractivity contribution in [2.45, 2.75) is 58.0 Å². The lowest BCUT2D eigenvalue weighted by atomic mass is 9.98. The molecule has 4 nitrogen and oxygen atoms in total. The number of nitrogens with one attached hydrogen (secondary N) is 1. The summed E-state index contributed by atoms with van der Waals surface area (Å²) >= 11 is 0. The van der Waals surface area contributed by atoms with Gasteiger partial charge in [-0.25, -0.2) is 4.98 Å². The van der Waals surface area contributed by atoms with Crippen LogP contribution >= 0.6 is 0 Å². The Morgan fingerprint density at radius 1 is 1.39 bits per heavy atom. The van der Waals surface area contributed by atoms with Crippen LogP contribution in [0.5, 0.6) is 0 Å². The first-order valence-electron chi connectivity index (χ1n) is 6.94. The Morgan fingerprint density at radius 2 is 2.11 bits per heavy atom. The maximum Gasteiger partial charge on any atom is 0.106 e. The average Bonchev–Trinajstić information content (AvgIpc) is 2.72. The normalized spacial score (nSPS) is 18.4. The molecule has 0 bridgehead atoms. The third kappa shape index (κ3) is 2.59. The Labute approximate surface area is 109 Å². The molecule has 1 unspecified atom stereocenters. The van der Waals surface area contributed by atoms with E-state index in [1.165, 1.54) is 24.2 Å². The van der Waals surface area contributed by atoms with Crippen LogP contribution in [-0.2, 0) is 19.4 Å². The summed E-state index contributed by atoms with van der Waals surface area (Å²) in [4.78, 5) is 4.68. The van der Waals surface area contributed by atoms with Gasteiger partial charge in [0.05, 0.1) is 12.3 Å². The number of imidazole rings is 1. The lowest BCUT2D eigenvalue weighted by molar-refractivity contribution is 0.168. The van der Waals surface area contributed by atoms with Crippen LogP contribution in [0.3, 0.4) is 0 Å². The second kappa shape index (κ2) is 5.41. The fourth-order valence-corrected chi connectivity index (χ4v) is 2.67. The summed E-state index contributed by atoms with van der Waals surface area (Å²) in [5, 5.41) is 12.6. The Kier molecular flexibility index (Phi) is 4.07. The van der Waals surface area contributed by atoms with Gasteiger partial charge in [0.15, 0.2) is 0 Å². The summed E-state index contributed by atoms with van der Waals surface area (Å²) in [6, 6.07) is 0. The highest BCUT2D eigenvalue weighted by atomic mass is 16.3. The fraction of sp³-hybridized carbons (Fsp3) is 0.786. The van der Waals surface area contributed by atoms with E-state index in [-0.39, 0.29) is 12.1 Å². The number of hydrogen-bond acceptors (Lipinski definition) is 3. The van der Waals surface area contributed by atoms with E-state index >= 15 is 0 Å². The second-order valence-electron chi connectivity index (χ2n) is 5.63. The molecule has 1 atom stereocenters. The van der Waals surface area contributed by atoms with E-state index in [1.54, 1.807) is 0 Å². The summed E-state index contributed by atoms with van der Waals surface area (Å²) in [5.41, 5.74) is 2.53. The van der Waals surface area contributed by atoms with Crippen LogP contribution in [0, 0.1) is 6.92 Å². The molecule has 0 radical (unpaired) electrons. The van der Waals surface area contributed by atoms with Crippen molar-refractivity contribution in [1.29, 1.82) is 0 Å². The van der Waals surface area contributed by atoms with Gasteiger partial charge in [0.2, 0.25) is 0 Å². The number of nitrogens with zero attached hydrogens (tertiary/aromatic N) is 2. The lowest BCUT2D eigenvalue weighted by Crippen LogP contribution is -2.44. The minimum absolute atomic E-state index is 0.166. The summed E-state index contributed by atoms with van der Waals surface area (Å²) < 4.78 is 2.35. The quantitative estimate of drug-likeness (QED) is 0.832. The van der Waals surface area contributed by atoms with E-state index in [0.717, 1.165) is 31.6 Å². The van der Waals surface area contributed by atoms with Gasteiger partial charge in [-0.1, -0.05) is 0 Å². The number of rotatable bonds is 5. The Balaban J connectivity index is 2.12. The van der Waals surface area contributed by atoms with E-state index in [2.05, 4.69) is 28.7 Å². The van der Waals surface area contributed by atoms with Crippen molar-refractivity contribution in [3.63, 3.8) is 0 Å². The van der Waals surface area contributed by atoms with Gasteiger partial charge < -0.3 is 15.0 Å². The van der Waals surface area contributed by atoms with E-state index in [9.17, 15) is 5.11 Å². The third-order valence-corrected chi connectivity index (χ3v) is 4.26. The zero-order valence-electron chi connectivity index (χ0n) is 11.8. The van der Waals surface area contributed by atoms with E-state index in [4.69, 9.17) is 0 Å². The van der Waals surface area contributed by atoms with Crippen molar-refractivity contribution in [3.05, 3.63) is 17.2 Å². The minimum Gasteiger partial charge on any atom is -0.394 e. The lowest BCUT2D eigenvalue weighted by Gasteiger charge is -2.27. The number of hydrogen-bond donors (Lipinski definition) is 2. The molecule has 1 aromatic heterocycles. The SMILES string of the molecule is CNC(C)(CO)CCn1c(C)nc2c1CCCC2. The molecule has 1 heterocycles. The smallest absolute Gasteiger partial charge is 0.106 e. The van der Waals surface area contributed by atoms with E-state index < -0.39 is 0 Å². The summed E-state index contributed by atoms with van der Waals surface area (Å²) in [6.07, 6.45) is 5.76. The van der Waals surface area contributed by atoms with Crippen LogP contribution in [0.2, 0.25) is 0 Å². The number of aryl methyl sites for hydroxylation is 2. The highest BCUT2D eigenvalue weighted by Crippen LogP contribution is 2.23. The molecule has 2 rings (SSSR count). The molecule has 0 fully saturated rings. The van der Waals surface area contributed by atoms with Gasteiger partial charge in [-0.05, 0) is 53.0 Å². The maximum absolute atomic E-state index is 9.43. The molecule has 0 saturated heterocycles. The van der Waals surface area contributed by atoms with Gasteiger partial charge in [-0.15, -0.1) is 0 Å². The second-order valence-corrected chi connectivity index (χ2v) is 5.63. The molecule has 1 aliphatic rings. The zero-order chi connectivity index (χ0) is 13.2. The van der Waals surface area contributed by atoms with Crippen molar-refractivity contribution in [2.24, 2.45) is 0 Å². The van der Waals surface area contributed by atoms with Crippen molar-refractivity contribution < 1.29 is 5.11 Å². The van der Waals surface area contributed by atoms with Crippen LogP contribution in [0.25, 0.3) is 0 Å². The number of aliphatic hydroxyl groups excluding tert-OH is 1. The molecule has 2 N–H and O–H groups in total. The topological polar surface area (TPSA) is 50.1 Å². The first-order chi connectivity index (χ1) is 8.59. The molecule has 0 aliphatic heterocycles. The largest absolute Gasteiger partial charge is 0.394 e. The van der Waals surface area contributed by atoms with Gasteiger partial charge in [0.25, 0.3) is 0 Å². The Bertz CT molecular complexity index is 407. The highest BCUT2D eigenvalue weighted by molar-refractivity contribution is 5.19. The Hall–Kier alpha value is -0.870. The molecule has 0 saturated carbocycles. The van der Waals surface area contributed by atoms with Crippen LogP contribution in [0.15, 0.2) is 0 Å². The molecule has 0 amide bonds. The van der Waals surface area contributed by atoms with Crippen LogP contribution in [0.4, 0.5) is 0 Å². The van der Waals surface area contributed by atoms with Crippen molar-refractivity contribution in [1.82, 2.24) is 14.9 Å². The molecule has 18 heavy (non-hydrogen) atoms. The van der Waals surface area contributed by atoms with Crippen LogP contribution in [0.1, 0.15) is 43.4 Å². The van der Waals surface area contributed by atoms with Crippen molar-refractivity contribution in [2.75, 3.05) is 13.7 Å². The summed E-state index contributed by atoms with van der Waals surface area (Å²) in [7, 11) is 1.91. The average molecular weight is 251 g/mol. The molecule has 1 aromatic rings. The molecule has 4 heteroatoms. The predicted octanol–water partition coefficient (Wildman–Crippen LogP) is 1.43. The van der Waals surface area contributed by atoms with Gasteiger partial charge in [-0.3, -0.25) is 0 Å². The fourth-order valence-electron chi connectivity index (χ4n) is 2.67. The van der Waals surface area contributed by atoms with E-state index in [0.29, 0.717) is 0 Å². The summed E-state index contributed by atoms with van der Waals surface area (Å²) in [5.74, 6) is 1.12. The minimum atomic E-state index is -0.196. The molecule has 1 aliphatic carbocycles.